The van der Waals surface area contributed by atoms with Crippen LogP contribution in [0.1, 0.15) is 10.4 Å². The Labute approximate surface area is 110 Å². The first-order chi connectivity index (χ1) is 8.69. The third-order valence-corrected chi connectivity index (χ3v) is 2.67. The third-order valence-electron chi connectivity index (χ3n) is 2.43. The number of anilines is 1. The van der Waals surface area contributed by atoms with Gasteiger partial charge in [-0.05, 0) is 42.5 Å². The second-order valence-electron chi connectivity index (χ2n) is 3.69. The molecule has 0 aliphatic heterocycles. The number of halogens is 1. The molecular formula is C14H12ClNO2. The fraction of sp³-hybridized carbons (Fsp3) is 0.0714. The summed E-state index contributed by atoms with van der Waals surface area (Å²) in [6.45, 7) is 0. The topological polar surface area (TPSA) is 38.3 Å². The number of carbonyl (C=O) groups excluding carboxylic acids is 1. The van der Waals surface area contributed by atoms with Crippen molar-refractivity contribution in [2.75, 3.05) is 12.4 Å². The molecule has 0 unspecified atom stereocenters. The van der Waals surface area contributed by atoms with Crippen molar-refractivity contribution in [2.24, 2.45) is 0 Å². The van der Waals surface area contributed by atoms with Gasteiger partial charge in [0.05, 0.1) is 7.11 Å². The number of ether oxygens (including phenoxy) is 1. The number of hydrogen-bond acceptors (Lipinski definition) is 2. The fourth-order valence-electron chi connectivity index (χ4n) is 1.51. The first-order valence-corrected chi connectivity index (χ1v) is 5.78. The Balaban J connectivity index is 2.11. The molecule has 0 radical (unpaired) electrons. The van der Waals surface area contributed by atoms with Gasteiger partial charge in [0, 0.05) is 16.3 Å². The van der Waals surface area contributed by atoms with Gasteiger partial charge < -0.3 is 10.1 Å². The second-order valence-corrected chi connectivity index (χ2v) is 4.13. The van der Waals surface area contributed by atoms with Crippen LogP contribution in [0.5, 0.6) is 5.75 Å². The van der Waals surface area contributed by atoms with E-state index in [1.54, 1.807) is 55.6 Å². The molecule has 4 heteroatoms. The minimum atomic E-state index is -0.192. The largest absolute Gasteiger partial charge is 0.497 e. The normalized spacial score (nSPS) is 9.89. The van der Waals surface area contributed by atoms with Gasteiger partial charge in [0.15, 0.2) is 0 Å². The lowest BCUT2D eigenvalue weighted by Gasteiger charge is -2.06. The molecule has 0 atom stereocenters. The van der Waals surface area contributed by atoms with Gasteiger partial charge in [-0.2, -0.15) is 0 Å². The predicted molar refractivity (Wildman–Crippen MR) is 72.4 cm³/mol. The molecule has 2 aromatic carbocycles. The third kappa shape index (κ3) is 3.02. The highest BCUT2D eigenvalue weighted by molar-refractivity contribution is 6.31. The average molecular weight is 262 g/mol. The van der Waals surface area contributed by atoms with Gasteiger partial charge in [0.1, 0.15) is 5.75 Å². The average Bonchev–Trinajstić information content (AvgIpc) is 2.39. The Morgan fingerprint density at radius 2 is 1.89 bits per heavy atom. The number of nitrogens with one attached hydrogen (secondary N) is 1. The van der Waals surface area contributed by atoms with E-state index < -0.39 is 0 Å². The quantitative estimate of drug-likeness (QED) is 0.917. The summed E-state index contributed by atoms with van der Waals surface area (Å²) in [5.41, 5.74) is 1.24. The summed E-state index contributed by atoms with van der Waals surface area (Å²) in [4.78, 5) is 11.9. The zero-order chi connectivity index (χ0) is 13.0. The lowest BCUT2D eigenvalue weighted by molar-refractivity contribution is 0.102. The first-order valence-electron chi connectivity index (χ1n) is 5.40. The van der Waals surface area contributed by atoms with E-state index >= 15 is 0 Å². The highest BCUT2D eigenvalue weighted by atomic mass is 35.5. The molecule has 0 aromatic heterocycles. The van der Waals surface area contributed by atoms with Crippen molar-refractivity contribution in [3.8, 4) is 5.75 Å². The smallest absolute Gasteiger partial charge is 0.255 e. The van der Waals surface area contributed by atoms with Gasteiger partial charge in [0.25, 0.3) is 5.91 Å². The van der Waals surface area contributed by atoms with Crippen molar-refractivity contribution in [2.45, 2.75) is 0 Å². The molecular weight excluding hydrogens is 250 g/mol. The number of amides is 1. The number of hydrogen-bond donors (Lipinski definition) is 1. The molecule has 0 aliphatic carbocycles. The van der Waals surface area contributed by atoms with E-state index in [0.29, 0.717) is 16.3 Å². The highest BCUT2D eigenvalue weighted by Gasteiger charge is 2.06. The van der Waals surface area contributed by atoms with Crippen LogP contribution in [0.4, 0.5) is 5.69 Å². The minimum absolute atomic E-state index is 0.192. The zero-order valence-electron chi connectivity index (χ0n) is 9.81. The van der Waals surface area contributed by atoms with Gasteiger partial charge in [0.2, 0.25) is 0 Å². The Morgan fingerprint density at radius 3 is 2.50 bits per heavy atom. The van der Waals surface area contributed by atoms with Gasteiger partial charge in [-0.1, -0.05) is 17.7 Å². The molecule has 1 N–H and O–H groups in total. The Kier molecular flexibility index (Phi) is 3.85. The molecule has 0 aliphatic rings. The van der Waals surface area contributed by atoms with Crippen molar-refractivity contribution >= 4 is 23.2 Å². The monoisotopic (exact) mass is 261 g/mol. The number of rotatable bonds is 3. The predicted octanol–water partition coefficient (Wildman–Crippen LogP) is 3.60. The summed E-state index contributed by atoms with van der Waals surface area (Å²) in [5.74, 6) is 0.554. The fourth-order valence-corrected chi connectivity index (χ4v) is 1.70. The standard InChI is InChI=1S/C14H12ClNO2/c1-18-13-7-5-12(6-8-13)16-14(17)10-3-2-4-11(15)9-10/h2-9H,1H3,(H,16,17). The van der Waals surface area contributed by atoms with Gasteiger partial charge in [-0.15, -0.1) is 0 Å². The van der Waals surface area contributed by atoms with Crippen LogP contribution in [0.15, 0.2) is 48.5 Å². The van der Waals surface area contributed by atoms with Gasteiger partial charge >= 0.3 is 0 Å². The van der Waals surface area contributed by atoms with Crippen LogP contribution in [0.25, 0.3) is 0 Å². The first kappa shape index (κ1) is 12.5. The molecule has 2 aromatic rings. The SMILES string of the molecule is COc1ccc(NC(=O)c2cccc(Cl)c2)cc1. The van der Waals surface area contributed by atoms with Crippen molar-refractivity contribution < 1.29 is 9.53 Å². The molecule has 2 rings (SSSR count). The number of benzene rings is 2. The van der Waals surface area contributed by atoms with E-state index in [2.05, 4.69) is 5.32 Å². The highest BCUT2D eigenvalue weighted by Crippen LogP contribution is 2.17. The lowest BCUT2D eigenvalue weighted by Crippen LogP contribution is -2.11. The molecule has 1 amide bonds. The van der Waals surface area contributed by atoms with Crippen LogP contribution in [0, 0.1) is 0 Å². The summed E-state index contributed by atoms with van der Waals surface area (Å²) < 4.78 is 5.04. The molecule has 0 fully saturated rings. The van der Waals surface area contributed by atoms with Crippen LogP contribution >= 0.6 is 11.6 Å². The van der Waals surface area contributed by atoms with Crippen molar-refractivity contribution in [3.05, 3.63) is 59.1 Å². The van der Waals surface area contributed by atoms with E-state index in [4.69, 9.17) is 16.3 Å². The van der Waals surface area contributed by atoms with Crippen molar-refractivity contribution in [1.29, 1.82) is 0 Å². The maximum Gasteiger partial charge on any atom is 0.255 e. The van der Waals surface area contributed by atoms with Crippen molar-refractivity contribution in [3.63, 3.8) is 0 Å². The maximum absolute atomic E-state index is 11.9. The molecule has 0 saturated heterocycles. The van der Waals surface area contributed by atoms with Crippen LogP contribution in [0.3, 0.4) is 0 Å². The molecule has 0 spiro atoms. The van der Waals surface area contributed by atoms with Crippen LogP contribution in [0.2, 0.25) is 5.02 Å². The van der Waals surface area contributed by atoms with E-state index in [1.165, 1.54) is 0 Å². The number of methoxy groups -OCH3 is 1. The number of carbonyl (C=O) groups is 1. The van der Waals surface area contributed by atoms with Crippen molar-refractivity contribution in [1.82, 2.24) is 0 Å². The van der Waals surface area contributed by atoms with Gasteiger partial charge in [-0.3, -0.25) is 4.79 Å². The maximum atomic E-state index is 11.9. The summed E-state index contributed by atoms with van der Waals surface area (Å²) in [6.07, 6.45) is 0. The van der Waals surface area contributed by atoms with E-state index in [1.807, 2.05) is 0 Å². The summed E-state index contributed by atoms with van der Waals surface area (Å²) in [7, 11) is 1.60. The molecule has 0 bridgehead atoms. The molecule has 92 valence electrons. The van der Waals surface area contributed by atoms with E-state index in [-0.39, 0.29) is 5.91 Å². The minimum Gasteiger partial charge on any atom is -0.497 e. The Hall–Kier alpha value is -2.00. The molecule has 18 heavy (non-hydrogen) atoms. The Bertz CT molecular complexity index is 552. The van der Waals surface area contributed by atoms with Gasteiger partial charge in [-0.25, -0.2) is 0 Å². The molecule has 0 heterocycles. The van der Waals surface area contributed by atoms with E-state index in [9.17, 15) is 4.79 Å². The molecule has 3 nitrogen and oxygen atoms in total. The van der Waals surface area contributed by atoms with Crippen LogP contribution in [-0.2, 0) is 0 Å². The summed E-state index contributed by atoms with van der Waals surface area (Å²) in [5, 5.41) is 3.32. The second kappa shape index (κ2) is 5.56. The molecule has 0 saturated carbocycles. The van der Waals surface area contributed by atoms with E-state index in [0.717, 1.165) is 5.75 Å². The zero-order valence-corrected chi connectivity index (χ0v) is 10.6. The van der Waals surface area contributed by atoms with Crippen LogP contribution < -0.4 is 10.1 Å². The summed E-state index contributed by atoms with van der Waals surface area (Å²) >= 11 is 5.83. The summed E-state index contributed by atoms with van der Waals surface area (Å²) in [6, 6.07) is 13.9. The Morgan fingerprint density at radius 1 is 1.17 bits per heavy atom. The van der Waals surface area contributed by atoms with Crippen LogP contribution in [-0.4, -0.2) is 13.0 Å². The lowest BCUT2D eigenvalue weighted by atomic mass is 10.2.